The van der Waals surface area contributed by atoms with Gasteiger partial charge in [-0.25, -0.2) is 4.98 Å². The molecule has 0 bridgehead atoms. The summed E-state index contributed by atoms with van der Waals surface area (Å²) in [7, 11) is 0. The lowest BCUT2D eigenvalue weighted by Crippen LogP contribution is -1.85. The van der Waals surface area contributed by atoms with Gasteiger partial charge in [-0.2, -0.15) is 0 Å². The average molecular weight is 148 g/mol. The highest BCUT2D eigenvalue weighted by molar-refractivity contribution is 5.58. The highest BCUT2D eigenvalue weighted by Crippen LogP contribution is 2.17. The van der Waals surface area contributed by atoms with E-state index in [1.807, 2.05) is 17.5 Å². The highest BCUT2D eigenvalue weighted by atomic mass is 16.3. The van der Waals surface area contributed by atoms with E-state index in [4.69, 9.17) is 0 Å². The summed E-state index contributed by atoms with van der Waals surface area (Å²) in [6, 6.07) is 3.44. The third-order valence-electron chi connectivity index (χ3n) is 1.73. The van der Waals surface area contributed by atoms with Crippen LogP contribution in [-0.2, 0) is 0 Å². The second-order valence-corrected chi connectivity index (χ2v) is 2.45. The molecule has 3 heteroatoms. The Kier molecular flexibility index (Phi) is 1.12. The summed E-state index contributed by atoms with van der Waals surface area (Å²) in [5.41, 5.74) is 0.755. The van der Waals surface area contributed by atoms with E-state index in [-0.39, 0.29) is 5.75 Å². The van der Waals surface area contributed by atoms with Crippen molar-refractivity contribution in [3.05, 3.63) is 30.4 Å². The van der Waals surface area contributed by atoms with Crippen molar-refractivity contribution >= 4 is 5.52 Å². The fourth-order valence-electron chi connectivity index (χ4n) is 1.14. The molecule has 0 atom stereocenters. The van der Waals surface area contributed by atoms with Crippen molar-refractivity contribution in [1.82, 2.24) is 9.38 Å². The van der Waals surface area contributed by atoms with Gasteiger partial charge < -0.3 is 9.51 Å². The van der Waals surface area contributed by atoms with Gasteiger partial charge in [0, 0.05) is 6.20 Å². The molecular formula is C8H8N2O. The zero-order valence-corrected chi connectivity index (χ0v) is 6.15. The molecule has 0 aromatic carbocycles. The van der Waals surface area contributed by atoms with E-state index in [1.54, 1.807) is 18.3 Å². The first-order valence-corrected chi connectivity index (χ1v) is 3.40. The summed E-state index contributed by atoms with van der Waals surface area (Å²) >= 11 is 0. The molecule has 2 heterocycles. The molecule has 0 amide bonds. The van der Waals surface area contributed by atoms with Gasteiger partial charge in [-0.1, -0.05) is 0 Å². The van der Waals surface area contributed by atoms with Crippen LogP contribution in [0.4, 0.5) is 0 Å². The Morgan fingerprint density at radius 1 is 1.55 bits per heavy atom. The van der Waals surface area contributed by atoms with E-state index < -0.39 is 0 Å². The van der Waals surface area contributed by atoms with Crippen LogP contribution < -0.4 is 0 Å². The quantitative estimate of drug-likeness (QED) is 0.612. The molecule has 0 aliphatic carbocycles. The van der Waals surface area contributed by atoms with Crippen molar-refractivity contribution in [1.29, 1.82) is 0 Å². The van der Waals surface area contributed by atoms with E-state index >= 15 is 0 Å². The minimum absolute atomic E-state index is 0.271. The molecule has 1 N–H and O–H groups in total. The largest absolute Gasteiger partial charge is 0.506 e. The fraction of sp³-hybridized carbons (Fsp3) is 0.125. The van der Waals surface area contributed by atoms with Crippen LogP contribution in [0.5, 0.6) is 5.75 Å². The van der Waals surface area contributed by atoms with Gasteiger partial charge in [-0.05, 0) is 19.1 Å². The Morgan fingerprint density at radius 3 is 3.09 bits per heavy atom. The van der Waals surface area contributed by atoms with Crippen molar-refractivity contribution in [2.75, 3.05) is 0 Å². The van der Waals surface area contributed by atoms with Gasteiger partial charge in [0.05, 0.1) is 6.20 Å². The molecular weight excluding hydrogens is 140 g/mol. The lowest BCUT2D eigenvalue weighted by atomic mass is 10.4. The number of nitrogens with zero attached hydrogens (tertiary/aromatic N) is 2. The molecule has 2 rings (SSSR count). The Morgan fingerprint density at radius 2 is 2.36 bits per heavy atom. The van der Waals surface area contributed by atoms with Crippen LogP contribution >= 0.6 is 0 Å². The molecule has 0 saturated carbocycles. The maximum atomic E-state index is 9.32. The molecule has 0 spiro atoms. The summed E-state index contributed by atoms with van der Waals surface area (Å²) < 4.78 is 1.84. The normalized spacial score (nSPS) is 10.6. The Balaban J connectivity index is 2.94. The molecule has 2 aromatic heterocycles. The lowest BCUT2D eigenvalue weighted by molar-refractivity contribution is 0.479. The first-order chi connectivity index (χ1) is 5.29. The summed E-state index contributed by atoms with van der Waals surface area (Å²) in [6.07, 6.45) is 3.53. The second kappa shape index (κ2) is 1.99. The lowest BCUT2D eigenvalue weighted by Gasteiger charge is -1.96. The smallest absolute Gasteiger partial charge is 0.141 e. The zero-order chi connectivity index (χ0) is 7.84. The molecule has 11 heavy (non-hydrogen) atoms. The van der Waals surface area contributed by atoms with E-state index in [2.05, 4.69) is 4.98 Å². The monoisotopic (exact) mass is 148 g/mol. The van der Waals surface area contributed by atoms with Gasteiger partial charge >= 0.3 is 0 Å². The maximum Gasteiger partial charge on any atom is 0.141 e. The fourth-order valence-corrected chi connectivity index (χ4v) is 1.14. The maximum absolute atomic E-state index is 9.32. The predicted molar refractivity (Wildman–Crippen MR) is 41.6 cm³/mol. The molecule has 0 radical (unpaired) electrons. The number of hydrogen-bond acceptors (Lipinski definition) is 2. The number of hydrogen-bond donors (Lipinski definition) is 1. The van der Waals surface area contributed by atoms with Gasteiger partial charge in [-0.15, -0.1) is 0 Å². The van der Waals surface area contributed by atoms with Crippen molar-refractivity contribution in [2.24, 2.45) is 0 Å². The molecule has 56 valence electrons. The van der Waals surface area contributed by atoms with Crippen molar-refractivity contribution in [2.45, 2.75) is 6.92 Å². The van der Waals surface area contributed by atoms with Crippen molar-refractivity contribution in [3.8, 4) is 5.75 Å². The first-order valence-electron chi connectivity index (χ1n) is 3.40. The van der Waals surface area contributed by atoms with Crippen LogP contribution in [-0.4, -0.2) is 14.5 Å². The van der Waals surface area contributed by atoms with Crippen molar-refractivity contribution < 1.29 is 5.11 Å². The van der Waals surface area contributed by atoms with Gasteiger partial charge in [-0.3, -0.25) is 0 Å². The molecule has 0 fully saturated rings. The average Bonchev–Trinajstić information content (AvgIpc) is 2.35. The number of fused-ring (bicyclic) bond motifs is 1. The Hall–Kier alpha value is -1.51. The molecule has 0 aliphatic heterocycles. The standard InChI is InChI=1S/C8H8N2O/c1-6-9-5-7-8(11)3-2-4-10(6)7/h2-5,11H,1H3. The number of aromatic nitrogens is 2. The van der Waals surface area contributed by atoms with E-state index in [0.29, 0.717) is 0 Å². The molecule has 2 aromatic rings. The summed E-state index contributed by atoms with van der Waals surface area (Å²) in [4.78, 5) is 4.06. The minimum Gasteiger partial charge on any atom is -0.506 e. The van der Waals surface area contributed by atoms with E-state index in [1.165, 1.54) is 0 Å². The molecule has 0 unspecified atom stereocenters. The summed E-state index contributed by atoms with van der Waals surface area (Å²) in [5.74, 6) is 1.16. The molecule has 0 saturated heterocycles. The third-order valence-corrected chi connectivity index (χ3v) is 1.73. The number of aryl methyl sites for hydroxylation is 1. The van der Waals surface area contributed by atoms with Crippen LogP contribution in [0.3, 0.4) is 0 Å². The van der Waals surface area contributed by atoms with Crippen LogP contribution in [0.2, 0.25) is 0 Å². The third kappa shape index (κ3) is 0.774. The zero-order valence-electron chi connectivity index (χ0n) is 6.15. The number of imidazole rings is 1. The second-order valence-electron chi connectivity index (χ2n) is 2.45. The molecule has 0 aliphatic rings. The van der Waals surface area contributed by atoms with E-state index in [9.17, 15) is 5.11 Å². The van der Waals surface area contributed by atoms with Crippen LogP contribution in [0.1, 0.15) is 5.82 Å². The Bertz CT molecular complexity index is 392. The SMILES string of the molecule is Cc1ncc2c(O)cccn12. The number of aromatic hydroxyl groups is 1. The van der Waals surface area contributed by atoms with Gasteiger partial charge in [0.2, 0.25) is 0 Å². The molecule has 3 nitrogen and oxygen atoms in total. The van der Waals surface area contributed by atoms with Crippen molar-refractivity contribution in [3.63, 3.8) is 0 Å². The van der Waals surface area contributed by atoms with E-state index in [0.717, 1.165) is 11.3 Å². The summed E-state index contributed by atoms with van der Waals surface area (Å²) in [5, 5.41) is 9.32. The first kappa shape index (κ1) is 6.22. The summed E-state index contributed by atoms with van der Waals surface area (Å²) in [6.45, 7) is 1.90. The topological polar surface area (TPSA) is 37.5 Å². The van der Waals surface area contributed by atoms with Gasteiger partial charge in [0.15, 0.2) is 0 Å². The number of rotatable bonds is 0. The van der Waals surface area contributed by atoms with Crippen LogP contribution in [0.25, 0.3) is 5.52 Å². The predicted octanol–water partition coefficient (Wildman–Crippen LogP) is 1.35. The van der Waals surface area contributed by atoms with Gasteiger partial charge in [0.25, 0.3) is 0 Å². The highest BCUT2D eigenvalue weighted by Gasteiger charge is 2.00. The van der Waals surface area contributed by atoms with Crippen LogP contribution in [0.15, 0.2) is 24.5 Å². The van der Waals surface area contributed by atoms with Crippen LogP contribution in [0, 0.1) is 6.92 Å². The minimum atomic E-state index is 0.271. The van der Waals surface area contributed by atoms with Gasteiger partial charge in [0.1, 0.15) is 17.1 Å². The number of pyridine rings is 1. The Labute approximate surface area is 63.9 Å².